The van der Waals surface area contributed by atoms with Gasteiger partial charge in [-0.25, -0.2) is 0 Å². The van der Waals surface area contributed by atoms with Gasteiger partial charge in [0.1, 0.15) is 0 Å². The monoisotopic (exact) mass is 190 g/mol. The number of benzene rings is 1. The van der Waals surface area contributed by atoms with Crippen molar-refractivity contribution < 1.29 is 9.68 Å². The minimum absolute atomic E-state index is 0.0555. The summed E-state index contributed by atoms with van der Waals surface area (Å²) in [6.07, 6.45) is 1.84. The Morgan fingerprint density at radius 3 is 2.79 bits per heavy atom. The van der Waals surface area contributed by atoms with Gasteiger partial charge in [0.15, 0.2) is 0 Å². The van der Waals surface area contributed by atoms with Gasteiger partial charge in [-0.1, -0.05) is 37.3 Å². The van der Waals surface area contributed by atoms with Gasteiger partial charge < -0.3 is 9.68 Å². The van der Waals surface area contributed by atoms with Crippen molar-refractivity contribution in [2.75, 3.05) is 0 Å². The molecule has 0 unspecified atom stereocenters. The molecule has 3 heteroatoms. The Labute approximate surface area is 85.1 Å². The first kappa shape index (κ1) is 9.75. The van der Waals surface area contributed by atoms with E-state index in [2.05, 4.69) is 19.1 Å². The molecule has 1 heterocycles. The first-order chi connectivity index (χ1) is 6.77. The Balaban J connectivity index is 2.16. The van der Waals surface area contributed by atoms with Crippen LogP contribution in [0.1, 0.15) is 25.0 Å². The first-order valence-corrected chi connectivity index (χ1v) is 5.16. The molecule has 0 aromatic heterocycles. The molecule has 1 saturated heterocycles. The van der Waals surface area contributed by atoms with E-state index in [0.29, 0.717) is 5.92 Å². The fourth-order valence-corrected chi connectivity index (χ4v) is 1.98. The van der Waals surface area contributed by atoms with Crippen LogP contribution in [-0.4, -0.2) is 12.1 Å². The van der Waals surface area contributed by atoms with Crippen LogP contribution in [0.5, 0.6) is 0 Å². The Kier molecular flexibility index (Phi) is 2.89. The summed E-state index contributed by atoms with van der Waals surface area (Å²) in [5.41, 5.74) is 1.17. The van der Waals surface area contributed by atoms with E-state index in [4.69, 9.17) is 4.65 Å². The molecule has 1 aliphatic heterocycles. The fourth-order valence-electron chi connectivity index (χ4n) is 1.98. The fraction of sp³-hybridized carbons (Fsp3) is 0.455. The third-order valence-electron chi connectivity index (χ3n) is 2.82. The van der Waals surface area contributed by atoms with Crippen LogP contribution in [0.15, 0.2) is 30.3 Å². The van der Waals surface area contributed by atoms with Gasteiger partial charge in [-0.15, -0.1) is 0 Å². The Morgan fingerprint density at radius 2 is 2.07 bits per heavy atom. The quantitative estimate of drug-likeness (QED) is 0.688. The van der Waals surface area contributed by atoms with Gasteiger partial charge in [0.05, 0.1) is 6.10 Å². The zero-order valence-corrected chi connectivity index (χ0v) is 8.39. The molecule has 0 saturated carbocycles. The summed E-state index contributed by atoms with van der Waals surface area (Å²) in [6.45, 7) is 2.17. The maximum absolute atomic E-state index is 9.44. The summed E-state index contributed by atoms with van der Waals surface area (Å²) in [4.78, 5) is 0. The van der Waals surface area contributed by atoms with Gasteiger partial charge in [0, 0.05) is 0 Å². The number of rotatable bonds is 1. The van der Waals surface area contributed by atoms with Crippen molar-refractivity contribution in [1.82, 2.24) is 0 Å². The topological polar surface area (TPSA) is 29.5 Å². The van der Waals surface area contributed by atoms with Crippen molar-refractivity contribution in [2.24, 2.45) is 5.92 Å². The summed E-state index contributed by atoms with van der Waals surface area (Å²) < 4.78 is 5.54. The second-order valence-electron chi connectivity index (χ2n) is 3.98. The van der Waals surface area contributed by atoms with Crippen LogP contribution in [0, 0.1) is 5.92 Å². The Bertz CT molecular complexity index is 289. The maximum Gasteiger partial charge on any atom is 0.454 e. The standard InChI is InChI=1S/C11H15BO2/c1-9-7-8-12(13)14-11(9)10-5-3-2-4-6-10/h2-6,9,11,13H,7-8H2,1H3/t9-,11-/m1/s1. The van der Waals surface area contributed by atoms with E-state index < -0.39 is 7.12 Å². The van der Waals surface area contributed by atoms with E-state index in [1.54, 1.807) is 0 Å². The van der Waals surface area contributed by atoms with Crippen molar-refractivity contribution >= 4 is 7.12 Å². The molecule has 2 rings (SSSR count). The van der Waals surface area contributed by atoms with Crippen LogP contribution < -0.4 is 0 Å². The highest BCUT2D eigenvalue weighted by Crippen LogP contribution is 2.34. The molecule has 0 amide bonds. The molecule has 74 valence electrons. The van der Waals surface area contributed by atoms with Crippen LogP contribution in [0.4, 0.5) is 0 Å². The molecule has 2 atom stereocenters. The molecular formula is C11H15BO2. The summed E-state index contributed by atoms with van der Waals surface area (Å²) >= 11 is 0. The third-order valence-corrected chi connectivity index (χ3v) is 2.82. The Hall–Kier alpha value is -0.795. The number of hydrogen-bond donors (Lipinski definition) is 1. The van der Waals surface area contributed by atoms with Crippen LogP contribution in [0.3, 0.4) is 0 Å². The summed E-state index contributed by atoms with van der Waals surface area (Å²) in [5, 5.41) is 9.44. The van der Waals surface area contributed by atoms with E-state index in [9.17, 15) is 5.02 Å². The lowest BCUT2D eigenvalue weighted by molar-refractivity contribution is 0.0901. The van der Waals surface area contributed by atoms with Gasteiger partial charge in [-0.05, 0) is 24.2 Å². The molecule has 14 heavy (non-hydrogen) atoms. The van der Waals surface area contributed by atoms with Gasteiger partial charge in [0.25, 0.3) is 0 Å². The van der Waals surface area contributed by atoms with E-state index in [-0.39, 0.29) is 6.10 Å². The van der Waals surface area contributed by atoms with Crippen molar-refractivity contribution in [2.45, 2.75) is 25.8 Å². The molecular weight excluding hydrogens is 175 g/mol. The van der Waals surface area contributed by atoms with Crippen molar-refractivity contribution in [1.29, 1.82) is 0 Å². The normalized spacial score (nSPS) is 27.7. The van der Waals surface area contributed by atoms with E-state index in [1.165, 1.54) is 5.56 Å². The molecule has 0 bridgehead atoms. The second-order valence-corrected chi connectivity index (χ2v) is 3.98. The average Bonchev–Trinajstić information content (AvgIpc) is 2.23. The smallest absolute Gasteiger partial charge is 0.427 e. The van der Waals surface area contributed by atoms with Crippen molar-refractivity contribution in [3.05, 3.63) is 35.9 Å². The zero-order chi connectivity index (χ0) is 9.97. The molecule has 1 N–H and O–H groups in total. The van der Waals surface area contributed by atoms with Crippen molar-refractivity contribution in [3.8, 4) is 0 Å². The molecule has 1 aromatic rings. The number of hydrogen-bond acceptors (Lipinski definition) is 2. The molecule has 0 spiro atoms. The molecule has 0 radical (unpaired) electrons. The lowest BCUT2D eigenvalue weighted by atomic mass is 9.74. The van der Waals surface area contributed by atoms with Crippen LogP contribution in [0.2, 0.25) is 6.32 Å². The molecule has 2 nitrogen and oxygen atoms in total. The summed E-state index contributed by atoms with van der Waals surface area (Å²) in [5.74, 6) is 0.487. The minimum Gasteiger partial charge on any atom is -0.427 e. The molecule has 0 aliphatic carbocycles. The molecule has 1 fully saturated rings. The van der Waals surface area contributed by atoms with Crippen molar-refractivity contribution in [3.63, 3.8) is 0 Å². The Morgan fingerprint density at radius 1 is 1.36 bits per heavy atom. The van der Waals surface area contributed by atoms with E-state index in [0.717, 1.165) is 12.7 Å². The summed E-state index contributed by atoms with van der Waals surface area (Å²) in [7, 11) is -0.587. The first-order valence-electron chi connectivity index (χ1n) is 5.16. The molecule has 1 aromatic carbocycles. The SMILES string of the molecule is C[C@@H]1CCB(O)O[C@H]1c1ccccc1. The van der Waals surface area contributed by atoms with Crippen LogP contribution >= 0.6 is 0 Å². The highest BCUT2D eigenvalue weighted by molar-refractivity contribution is 6.42. The van der Waals surface area contributed by atoms with Crippen LogP contribution in [0.25, 0.3) is 0 Å². The second kappa shape index (κ2) is 4.15. The largest absolute Gasteiger partial charge is 0.454 e. The highest BCUT2D eigenvalue weighted by Gasteiger charge is 2.31. The maximum atomic E-state index is 9.44. The van der Waals surface area contributed by atoms with Gasteiger partial charge in [0.2, 0.25) is 0 Å². The highest BCUT2D eigenvalue weighted by atomic mass is 16.5. The third kappa shape index (κ3) is 1.99. The average molecular weight is 190 g/mol. The van der Waals surface area contributed by atoms with Gasteiger partial charge >= 0.3 is 7.12 Å². The lowest BCUT2D eigenvalue weighted by Crippen LogP contribution is -2.30. The lowest BCUT2D eigenvalue weighted by Gasteiger charge is -2.31. The van der Waals surface area contributed by atoms with E-state index in [1.807, 2.05) is 18.2 Å². The predicted octanol–water partition coefficient (Wildman–Crippen LogP) is 2.26. The summed E-state index contributed by atoms with van der Waals surface area (Å²) in [6, 6.07) is 10.1. The zero-order valence-electron chi connectivity index (χ0n) is 8.39. The minimum atomic E-state index is -0.587. The predicted molar refractivity (Wildman–Crippen MR) is 56.8 cm³/mol. The molecule has 1 aliphatic rings. The van der Waals surface area contributed by atoms with Gasteiger partial charge in [-0.3, -0.25) is 0 Å². The van der Waals surface area contributed by atoms with Crippen LogP contribution in [-0.2, 0) is 4.65 Å². The van der Waals surface area contributed by atoms with Gasteiger partial charge in [-0.2, -0.15) is 0 Å². The van der Waals surface area contributed by atoms with E-state index >= 15 is 0 Å².